The number of piperazine rings is 1. The van der Waals surface area contributed by atoms with Crippen molar-refractivity contribution in [2.24, 2.45) is 7.05 Å². The van der Waals surface area contributed by atoms with Crippen LogP contribution in [0.3, 0.4) is 0 Å². The van der Waals surface area contributed by atoms with E-state index in [4.69, 9.17) is 0 Å². The fraction of sp³-hybridized carbons (Fsp3) is 0.448. The Bertz CT molecular complexity index is 1630. The fourth-order valence-corrected chi connectivity index (χ4v) is 4.98. The Labute approximate surface area is 245 Å². The molecule has 5 rings (SSSR count). The second-order valence-electron chi connectivity index (χ2n) is 11.0. The highest BCUT2D eigenvalue weighted by atomic mass is 32.2. The van der Waals surface area contributed by atoms with Gasteiger partial charge in [-0.2, -0.15) is 4.68 Å². The number of sulfone groups is 1. The van der Waals surface area contributed by atoms with Gasteiger partial charge in [-0.05, 0) is 44.2 Å². The highest BCUT2D eigenvalue weighted by Crippen LogP contribution is 2.29. The molecule has 226 valence electrons. The van der Waals surface area contributed by atoms with E-state index in [-0.39, 0.29) is 17.7 Å². The van der Waals surface area contributed by atoms with Gasteiger partial charge in [-0.1, -0.05) is 13.0 Å². The smallest absolute Gasteiger partial charge is 0.229 e. The lowest BCUT2D eigenvalue weighted by atomic mass is 10.1. The molecule has 10 nitrogen and oxygen atoms in total. The first-order chi connectivity index (χ1) is 19.8. The van der Waals surface area contributed by atoms with Crippen molar-refractivity contribution in [3.63, 3.8) is 0 Å². The molecule has 42 heavy (non-hydrogen) atoms. The molecule has 0 radical (unpaired) electrons. The van der Waals surface area contributed by atoms with Crippen LogP contribution in [0.5, 0.6) is 0 Å². The number of nitrogens with zero attached hydrogens (tertiary/aromatic N) is 7. The first-order valence-corrected chi connectivity index (χ1v) is 16.2. The Morgan fingerprint density at radius 3 is 2.26 bits per heavy atom. The minimum atomic E-state index is -2.67. The molecule has 1 N–H and O–H groups in total. The van der Waals surface area contributed by atoms with Gasteiger partial charge < -0.3 is 10.2 Å². The highest BCUT2D eigenvalue weighted by Gasteiger charge is 2.21. The molecule has 1 fully saturated rings. The molecule has 3 aromatic heterocycles. The van der Waals surface area contributed by atoms with E-state index in [0.29, 0.717) is 22.3 Å². The quantitative estimate of drug-likeness (QED) is 0.320. The topological polar surface area (TPSA) is 100 Å². The molecule has 0 saturated carbocycles. The van der Waals surface area contributed by atoms with Crippen molar-refractivity contribution in [2.45, 2.75) is 33.4 Å². The number of rotatable bonds is 7. The summed E-state index contributed by atoms with van der Waals surface area (Å²) in [5.41, 5.74) is 2.18. The standard InChI is InChI=1S/C27H33F2N8.C2H6O2S/c1-5-35-8-10-36(11-9-35)16-19-6-7-25(30-14-19)32-27-31-15-23(29)26(33-27)20-12-22(28)21-17-34(4)37(18(2)3)24(21)13-20;1-5(2,3)4/h6-7,12-15,17-18H,5,8-11,16H2,1-4H3,(H,30,31,32,33);1-2H3/q+1;. The van der Waals surface area contributed by atoms with Crippen LogP contribution in [-0.2, 0) is 23.4 Å². The third-order valence-corrected chi connectivity index (χ3v) is 6.90. The summed E-state index contributed by atoms with van der Waals surface area (Å²) in [6.07, 6.45) is 6.99. The van der Waals surface area contributed by atoms with Gasteiger partial charge in [0.1, 0.15) is 38.1 Å². The second kappa shape index (κ2) is 13.2. The average Bonchev–Trinajstić information content (AvgIpc) is 3.27. The van der Waals surface area contributed by atoms with Crippen LogP contribution in [0, 0.1) is 11.6 Å². The van der Waals surface area contributed by atoms with Crippen molar-refractivity contribution in [1.82, 2.24) is 29.4 Å². The molecule has 4 heterocycles. The number of hydrogen-bond acceptors (Lipinski definition) is 8. The van der Waals surface area contributed by atoms with Gasteiger partial charge in [0.05, 0.1) is 12.2 Å². The maximum Gasteiger partial charge on any atom is 0.229 e. The monoisotopic (exact) mass is 601 g/mol. The lowest BCUT2D eigenvalue weighted by molar-refractivity contribution is -0.753. The van der Waals surface area contributed by atoms with Crippen molar-refractivity contribution >= 4 is 32.5 Å². The SMILES string of the molecule is CCN1CCN(Cc2ccc(Nc3ncc(F)c(-c4cc(F)c5c[n+](C)n(C(C)C)c5c4)n3)nc2)CC1.CS(C)(=O)=O. The average molecular weight is 602 g/mol. The Morgan fingerprint density at radius 1 is 1.00 bits per heavy atom. The Hall–Kier alpha value is -3.55. The summed E-state index contributed by atoms with van der Waals surface area (Å²) in [5.74, 6) is -0.303. The molecule has 0 aliphatic carbocycles. The van der Waals surface area contributed by atoms with Crippen molar-refractivity contribution in [3.8, 4) is 11.3 Å². The molecule has 0 unspecified atom stereocenters. The van der Waals surface area contributed by atoms with Gasteiger partial charge in [-0.3, -0.25) is 4.90 Å². The van der Waals surface area contributed by atoms with Crippen LogP contribution in [0.1, 0.15) is 32.4 Å². The molecular weight excluding hydrogens is 562 g/mol. The molecule has 0 atom stereocenters. The van der Waals surface area contributed by atoms with Crippen LogP contribution in [-0.4, -0.2) is 83.1 Å². The molecule has 13 heteroatoms. The van der Waals surface area contributed by atoms with E-state index in [1.165, 1.54) is 6.07 Å². The molecule has 1 saturated heterocycles. The maximum absolute atomic E-state index is 15.0. The second-order valence-corrected chi connectivity index (χ2v) is 13.2. The minimum Gasteiger partial charge on any atom is -0.309 e. The fourth-order valence-electron chi connectivity index (χ4n) is 4.98. The van der Waals surface area contributed by atoms with E-state index in [1.54, 1.807) is 12.3 Å². The lowest BCUT2D eigenvalue weighted by Gasteiger charge is -2.33. The van der Waals surface area contributed by atoms with Gasteiger partial charge in [0.25, 0.3) is 0 Å². The van der Waals surface area contributed by atoms with Crippen LogP contribution >= 0.6 is 0 Å². The van der Waals surface area contributed by atoms with E-state index in [2.05, 4.69) is 37.0 Å². The third-order valence-electron chi connectivity index (χ3n) is 6.90. The van der Waals surface area contributed by atoms with Crippen molar-refractivity contribution < 1.29 is 21.9 Å². The van der Waals surface area contributed by atoms with Gasteiger partial charge >= 0.3 is 0 Å². The molecule has 1 aliphatic rings. The zero-order valence-corrected chi connectivity index (χ0v) is 25.8. The van der Waals surface area contributed by atoms with Crippen molar-refractivity contribution in [2.75, 3.05) is 50.6 Å². The van der Waals surface area contributed by atoms with Gasteiger partial charge in [-0.25, -0.2) is 32.2 Å². The van der Waals surface area contributed by atoms with E-state index >= 15 is 0 Å². The molecule has 1 aromatic carbocycles. The largest absolute Gasteiger partial charge is 0.309 e. The van der Waals surface area contributed by atoms with E-state index in [9.17, 15) is 17.2 Å². The van der Waals surface area contributed by atoms with Crippen LogP contribution in [0.15, 0.2) is 42.9 Å². The molecule has 0 spiro atoms. The van der Waals surface area contributed by atoms with Gasteiger partial charge in [0.2, 0.25) is 12.1 Å². The van der Waals surface area contributed by atoms with Crippen molar-refractivity contribution in [3.05, 3.63) is 60.1 Å². The molecular formula is C29H39F2N8O2S+. The molecule has 4 aromatic rings. The number of anilines is 2. The van der Waals surface area contributed by atoms with Gasteiger partial charge in [0.15, 0.2) is 12.9 Å². The normalized spacial score (nSPS) is 14.7. The first-order valence-electron chi connectivity index (χ1n) is 13.9. The third kappa shape index (κ3) is 8.05. The Morgan fingerprint density at radius 2 is 1.67 bits per heavy atom. The first kappa shape index (κ1) is 31.4. The van der Waals surface area contributed by atoms with E-state index in [1.807, 2.05) is 48.6 Å². The predicted octanol–water partition coefficient (Wildman–Crippen LogP) is 3.72. The summed E-state index contributed by atoms with van der Waals surface area (Å²) in [6.45, 7) is 12.4. The van der Waals surface area contributed by atoms with Crippen LogP contribution < -0.4 is 10.00 Å². The minimum absolute atomic E-state index is 0.0281. The van der Waals surface area contributed by atoms with Crippen molar-refractivity contribution in [1.29, 1.82) is 0 Å². The molecule has 0 bridgehead atoms. The van der Waals surface area contributed by atoms with Crippen LogP contribution in [0.2, 0.25) is 0 Å². The number of aryl methyl sites for hydroxylation is 1. The number of aromatic nitrogens is 5. The summed E-state index contributed by atoms with van der Waals surface area (Å²) in [4.78, 5) is 17.8. The zero-order valence-electron chi connectivity index (χ0n) is 25.0. The highest BCUT2D eigenvalue weighted by molar-refractivity contribution is 7.89. The van der Waals surface area contributed by atoms with Gasteiger partial charge in [0, 0.05) is 57.0 Å². The summed E-state index contributed by atoms with van der Waals surface area (Å²) in [6, 6.07) is 7.07. The Balaban J connectivity index is 0.000000748. The predicted molar refractivity (Wildman–Crippen MR) is 160 cm³/mol. The van der Waals surface area contributed by atoms with Crippen LogP contribution in [0.25, 0.3) is 22.2 Å². The van der Waals surface area contributed by atoms with Crippen LogP contribution in [0.4, 0.5) is 20.5 Å². The number of pyridine rings is 1. The number of fused-ring (bicyclic) bond motifs is 1. The summed E-state index contributed by atoms with van der Waals surface area (Å²) in [5, 5.41) is 3.52. The number of nitrogens with one attached hydrogen (secondary N) is 1. The number of likely N-dealkylation sites (N-methyl/N-ethyl adjacent to an activating group) is 1. The zero-order chi connectivity index (χ0) is 30.6. The number of benzene rings is 1. The van der Waals surface area contributed by atoms with E-state index < -0.39 is 21.5 Å². The summed E-state index contributed by atoms with van der Waals surface area (Å²) in [7, 11) is -0.808. The maximum atomic E-state index is 15.0. The van der Waals surface area contributed by atoms with E-state index in [0.717, 1.165) is 63.5 Å². The Kier molecular flexibility index (Phi) is 9.85. The number of hydrogen-bond donors (Lipinski definition) is 1. The summed E-state index contributed by atoms with van der Waals surface area (Å²) < 4.78 is 52.8. The number of halogens is 2. The van der Waals surface area contributed by atoms with Gasteiger partial charge in [-0.15, -0.1) is 4.68 Å². The molecule has 1 aliphatic heterocycles. The summed E-state index contributed by atoms with van der Waals surface area (Å²) >= 11 is 0. The lowest BCUT2D eigenvalue weighted by Crippen LogP contribution is -2.45. The molecule has 0 amide bonds.